The monoisotopic (exact) mass is 303 g/mol. The molecule has 120 valence electrons. The molecule has 5 nitrogen and oxygen atoms in total. The highest BCUT2D eigenvalue weighted by Crippen LogP contribution is 2.16. The van der Waals surface area contributed by atoms with Gasteiger partial charge in [-0.3, -0.25) is 9.69 Å². The largest absolute Gasteiger partial charge is 0.497 e. The van der Waals surface area contributed by atoms with Gasteiger partial charge in [0.05, 0.1) is 7.11 Å². The molecule has 1 N–H and O–H groups in total. The summed E-state index contributed by atoms with van der Waals surface area (Å²) >= 11 is 0. The Hall–Kier alpha value is -1.59. The molecule has 0 bridgehead atoms. The zero-order valence-corrected chi connectivity index (χ0v) is 13.3. The third-order valence-electron chi connectivity index (χ3n) is 4.68. The van der Waals surface area contributed by atoms with Crippen LogP contribution in [-0.2, 0) is 0 Å². The number of amides is 1. The van der Waals surface area contributed by atoms with Crippen LogP contribution >= 0.6 is 0 Å². The minimum Gasteiger partial charge on any atom is -0.497 e. The molecule has 2 heterocycles. The second kappa shape index (κ2) is 7.11. The number of hydrogen-bond acceptors (Lipinski definition) is 4. The minimum atomic E-state index is 0.129. The molecular weight excluding hydrogens is 278 g/mol. The third kappa shape index (κ3) is 3.59. The molecule has 2 aliphatic heterocycles. The van der Waals surface area contributed by atoms with Gasteiger partial charge < -0.3 is 15.0 Å². The number of ether oxygens (including phenoxy) is 1. The Labute approximate surface area is 132 Å². The van der Waals surface area contributed by atoms with Gasteiger partial charge in [-0.15, -0.1) is 0 Å². The SMILES string of the molecule is COc1ccc(C(=O)N2CCN(C[C@H]3CCNC3)CC2)cc1. The minimum absolute atomic E-state index is 0.129. The number of carbonyl (C=O) groups is 1. The van der Waals surface area contributed by atoms with Gasteiger partial charge in [-0.25, -0.2) is 0 Å². The van der Waals surface area contributed by atoms with Crippen molar-refractivity contribution in [1.82, 2.24) is 15.1 Å². The van der Waals surface area contributed by atoms with Crippen LogP contribution in [0.4, 0.5) is 0 Å². The predicted octanol–water partition coefficient (Wildman–Crippen LogP) is 1.06. The Kier molecular flexibility index (Phi) is 4.95. The Morgan fingerprint density at radius 3 is 2.55 bits per heavy atom. The molecule has 0 aliphatic carbocycles. The highest BCUT2D eigenvalue weighted by Gasteiger charge is 2.24. The predicted molar refractivity (Wildman–Crippen MR) is 86.3 cm³/mol. The molecule has 0 unspecified atom stereocenters. The summed E-state index contributed by atoms with van der Waals surface area (Å²) in [7, 11) is 1.63. The molecule has 3 rings (SSSR count). The van der Waals surface area contributed by atoms with Gasteiger partial charge in [-0.05, 0) is 49.7 Å². The standard InChI is InChI=1S/C17H25N3O2/c1-22-16-4-2-15(3-5-16)17(21)20-10-8-19(9-11-20)13-14-6-7-18-12-14/h2-5,14,18H,6-13H2,1H3/t14-/m0/s1. The molecule has 1 atom stereocenters. The van der Waals surface area contributed by atoms with Crippen molar-refractivity contribution in [3.63, 3.8) is 0 Å². The van der Waals surface area contributed by atoms with Gasteiger partial charge in [0.25, 0.3) is 5.91 Å². The van der Waals surface area contributed by atoms with E-state index >= 15 is 0 Å². The molecule has 5 heteroatoms. The van der Waals surface area contributed by atoms with Crippen LogP contribution < -0.4 is 10.1 Å². The van der Waals surface area contributed by atoms with Crippen molar-refractivity contribution in [2.45, 2.75) is 6.42 Å². The number of hydrogen-bond donors (Lipinski definition) is 1. The lowest BCUT2D eigenvalue weighted by molar-refractivity contribution is 0.0620. The van der Waals surface area contributed by atoms with E-state index in [1.54, 1.807) is 7.11 Å². The summed E-state index contributed by atoms with van der Waals surface area (Å²) in [6.07, 6.45) is 1.28. The van der Waals surface area contributed by atoms with Crippen LogP contribution in [0.2, 0.25) is 0 Å². The Morgan fingerprint density at radius 1 is 1.23 bits per heavy atom. The smallest absolute Gasteiger partial charge is 0.253 e. The number of piperazine rings is 1. The fraction of sp³-hybridized carbons (Fsp3) is 0.588. The third-order valence-corrected chi connectivity index (χ3v) is 4.68. The molecule has 22 heavy (non-hydrogen) atoms. The van der Waals surface area contributed by atoms with E-state index in [1.807, 2.05) is 29.2 Å². The Bertz CT molecular complexity index is 489. The normalized spacial score (nSPS) is 22.8. The van der Waals surface area contributed by atoms with Gasteiger partial charge in [0.15, 0.2) is 0 Å². The molecule has 1 aromatic rings. The van der Waals surface area contributed by atoms with Crippen molar-refractivity contribution in [2.24, 2.45) is 5.92 Å². The maximum absolute atomic E-state index is 12.5. The molecular formula is C17H25N3O2. The summed E-state index contributed by atoms with van der Waals surface area (Å²) in [4.78, 5) is 17.0. The van der Waals surface area contributed by atoms with Gasteiger partial charge in [0.2, 0.25) is 0 Å². The molecule has 1 amide bonds. The van der Waals surface area contributed by atoms with E-state index in [0.29, 0.717) is 0 Å². The summed E-state index contributed by atoms with van der Waals surface area (Å²) in [5.74, 6) is 1.69. The zero-order valence-electron chi connectivity index (χ0n) is 13.3. The van der Waals surface area contributed by atoms with E-state index in [2.05, 4.69) is 10.2 Å². The molecule has 2 fully saturated rings. The van der Waals surface area contributed by atoms with Crippen LogP contribution in [-0.4, -0.2) is 68.6 Å². The van der Waals surface area contributed by atoms with Crippen molar-refractivity contribution in [1.29, 1.82) is 0 Å². The number of methoxy groups -OCH3 is 1. The number of rotatable bonds is 4. The summed E-state index contributed by atoms with van der Waals surface area (Å²) in [5.41, 5.74) is 0.745. The first-order valence-electron chi connectivity index (χ1n) is 8.12. The van der Waals surface area contributed by atoms with Gasteiger partial charge in [-0.2, -0.15) is 0 Å². The average molecular weight is 303 g/mol. The summed E-state index contributed by atoms with van der Waals surface area (Å²) < 4.78 is 5.14. The van der Waals surface area contributed by atoms with E-state index in [-0.39, 0.29) is 5.91 Å². The summed E-state index contributed by atoms with van der Waals surface area (Å²) in [5, 5.41) is 3.42. The van der Waals surface area contributed by atoms with Crippen molar-refractivity contribution in [3.8, 4) is 5.75 Å². The van der Waals surface area contributed by atoms with Crippen LogP contribution in [0, 0.1) is 5.92 Å². The maximum atomic E-state index is 12.5. The lowest BCUT2D eigenvalue weighted by Crippen LogP contribution is -2.49. The molecule has 0 aromatic heterocycles. The lowest BCUT2D eigenvalue weighted by atomic mass is 10.1. The number of nitrogens with zero attached hydrogens (tertiary/aromatic N) is 2. The molecule has 0 spiro atoms. The van der Waals surface area contributed by atoms with E-state index < -0.39 is 0 Å². The van der Waals surface area contributed by atoms with Crippen LogP contribution in [0.3, 0.4) is 0 Å². The first-order chi connectivity index (χ1) is 10.8. The topological polar surface area (TPSA) is 44.8 Å². The van der Waals surface area contributed by atoms with Crippen molar-refractivity contribution >= 4 is 5.91 Å². The van der Waals surface area contributed by atoms with Gasteiger partial charge in [0, 0.05) is 38.3 Å². The fourth-order valence-corrected chi connectivity index (χ4v) is 3.29. The second-order valence-corrected chi connectivity index (χ2v) is 6.18. The van der Waals surface area contributed by atoms with Crippen molar-refractivity contribution < 1.29 is 9.53 Å². The number of nitrogens with one attached hydrogen (secondary N) is 1. The van der Waals surface area contributed by atoms with Gasteiger partial charge in [-0.1, -0.05) is 0 Å². The van der Waals surface area contributed by atoms with E-state index in [4.69, 9.17) is 4.74 Å². The van der Waals surface area contributed by atoms with Crippen LogP contribution in [0.5, 0.6) is 5.75 Å². The number of carbonyl (C=O) groups excluding carboxylic acids is 1. The Balaban J connectivity index is 1.50. The van der Waals surface area contributed by atoms with Crippen molar-refractivity contribution in [3.05, 3.63) is 29.8 Å². The fourth-order valence-electron chi connectivity index (χ4n) is 3.29. The highest BCUT2D eigenvalue weighted by molar-refractivity contribution is 5.94. The van der Waals surface area contributed by atoms with E-state index in [9.17, 15) is 4.79 Å². The maximum Gasteiger partial charge on any atom is 0.253 e. The Morgan fingerprint density at radius 2 is 1.95 bits per heavy atom. The summed E-state index contributed by atoms with van der Waals surface area (Å²) in [6, 6.07) is 7.38. The summed E-state index contributed by atoms with van der Waals surface area (Å²) in [6.45, 7) is 7.08. The molecule has 2 aliphatic rings. The quantitative estimate of drug-likeness (QED) is 0.903. The lowest BCUT2D eigenvalue weighted by Gasteiger charge is -2.35. The van der Waals surface area contributed by atoms with Gasteiger partial charge in [0.1, 0.15) is 5.75 Å². The van der Waals surface area contributed by atoms with E-state index in [0.717, 1.165) is 63.0 Å². The molecule has 1 aromatic carbocycles. The zero-order chi connectivity index (χ0) is 15.4. The van der Waals surface area contributed by atoms with E-state index in [1.165, 1.54) is 6.42 Å². The molecule has 0 radical (unpaired) electrons. The van der Waals surface area contributed by atoms with Gasteiger partial charge >= 0.3 is 0 Å². The van der Waals surface area contributed by atoms with Crippen LogP contribution in [0.25, 0.3) is 0 Å². The molecule has 0 saturated carbocycles. The number of benzene rings is 1. The van der Waals surface area contributed by atoms with Crippen molar-refractivity contribution in [2.75, 3.05) is 52.9 Å². The highest BCUT2D eigenvalue weighted by atomic mass is 16.5. The second-order valence-electron chi connectivity index (χ2n) is 6.18. The first-order valence-corrected chi connectivity index (χ1v) is 8.12. The molecule has 2 saturated heterocycles. The van der Waals surface area contributed by atoms with Crippen LogP contribution in [0.15, 0.2) is 24.3 Å². The average Bonchev–Trinajstić information content (AvgIpc) is 3.08. The first kappa shape index (κ1) is 15.3. The van der Waals surface area contributed by atoms with Crippen LogP contribution in [0.1, 0.15) is 16.8 Å².